The minimum atomic E-state index is -0.776. The molecule has 0 unspecified atom stereocenters. The van der Waals surface area contributed by atoms with Crippen LogP contribution in [0.3, 0.4) is 0 Å². The maximum absolute atomic E-state index is 10.8. The fraction of sp³-hybridized carbons (Fsp3) is 0.167. The highest BCUT2D eigenvalue weighted by atomic mass is 16.1. The van der Waals surface area contributed by atoms with E-state index in [-0.39, 0.29) is 12.4 Å². The molecule has 0 saturated carbocycles. The lowest BCUT2D eigenvalue weighted by molar-refractivity contribution is 0.0990. The van der Waals surface area contributed by atoms with E-state index in [9.17, 15) is 9.59 Å². The van der Waals surface area contributed by atoms with Crippen molar-refractivity contribution in [3.63, 3.8) is 0 Å². The number of aromatic amines is 1. The Labute approximate surface area is 67.6 Å². The van der Waals surface area contributed by atoms with Crippen LogP contribution in [0.1, 0.15) is 16.3 Å². The Kier molecular flexibility index (Phi) is 2.20. The number of aromatic nitrogens is 2. The molecule has 12 heavy (non-hydrogen) atoms. The topological polar surface area (TPSA) is 115 Å². The fourth-order valence-corrected chi connectivity index (χ4v) is 0.729. The molecule has 5 N–H and O–H groups in total. The molecular weight excluding hydrogens is 160 g/mol. The third-order valence-electron chi connectivity index (χ3n) is 1.24. The van der Waals surface area contributed by atoms with Crippen molar-refractivity contribution >= 4 is 5.91 Å². The summed E-state index contributed by atoms with van der Waals surface area (Å²) in [7, 11) is 0. The molecule has 0 aromatic carbocycles. The largest absolute Gasteiger partial charge is 0.363 e. The lowest BCUT2D eigenvalue weighted by atomic mass is 10.4. The maximum Gasteiger partial charge on any atom is 0.284 e. The van der Waals surface area contributed by atoms with Gasteiger partial charge >= 0.3 is 0 Å². The van der Waals surface area contributed by atoms with Crippen LogP contribution < -0.4 is 17.0 Å². The van der Waals surface area contributed by atoms with Gasteiger partial charge in [0.15, 0.2) is 5.82 Å². The molecule has 0 saturated heterocycles. The van der Waals surface area contributed by atoms with Gasteiger partial charge in [0, 0.05) is 12.6 Å². The number of hydrogen-bond donors (Lipinski definition) is 3. The minimum absolute atomic E-state index is 0.101. The van der Waals surface area contributed by atoms with E-state index in [1.807, 2.05) is 0 Å². The molecule has 0 spiro atoms. The third kappa shape index (κ3) is 1.67. The monoisotopic (exact) mass is 168 g/mol. The highest BCUT2D eigenvalue weighted by Crippen LogP contribution is 1.88. The second-order valence-electron chi connectivity index (χ2n) is 2.15. The summed E-state index contributed by atoms with van der Waals surface area (Å²) in [5.41, 5.74) is 10.0. The number of carbonyl (C=O) groups is 1. The van der Waals surface area contributed by atoms with E-state index in [0.29, 0.717) is 5.69 Å². The highest BCUT2D eigenvalue weighted by molar-refractivity contribution is 5.88. The molecule has 1 aromatic rings. The Morgan fingerprint density at radius 2 is 2.33 bits per heavy atom. The first-order valence-electron chi connectivity index (χ1n) is 3.23. The number of nitrogens with two attached hydrogens (primary N) is 2. The molecule has 0 aliphatic carbocycles. The zero-order valence-electron chi connectivity index (χ0n) is 6.20. The van der Waals surface area contributed by atoms with Gasteiger partial charge in [0.2, 0.25) is 0 Å². The van der Waals surface area contributed by atoms with Crippen LogP contribution in [-0.4, -0.2) is 15.9 Å². The quantitative estimate of drug-likeness (QED) is 0.489. The second kappa shape index (κ2) is 3.14. The molecule has 6 nitrogen and oxygen atoms in total. The molecule has 1 amide bonds. The molecule has 1 aromatic heterocycles. The van der Waals surface area contributed by atoms with E-state index in [0.717, 1.165) is 0 Å². The summed E-state index contributed by atoms with van der Waals surface area (Å²) in [5.74, 6) is -0.939. The summed E-state index contributed by atoms with van der Waals surface area (Å²) >= 11 is 0. The van der Waals surface area contributed by atoms with Gasteiger partial charge in [-0.25, -0.2) is 4.98 Å². The van der Waals surface area contributed by atoms with Crippen molar-refractivity contribution in [3.05, 3.63) is 27.9 Å². The van der Waals surface area contributed by atoms with Gasteiger partial charge in [-0.05, 0) is 0 Å². The van der Waals surface area contributed by atoms with Crippen LogP contribution in [0.5, 0.6) is 0 Å². The molecule has 0 bridgehead atoms. The highest BCUT2D eigenvalue weighted by Gasteiger charge is 2.04. The van der Waals surface area contributed by atoms with E-state index < -0.39 is 11.5 Å². The van der Waals surface area contributed by atoms with E-state index in [2.05, 4.69) is 9.97 Å². The van der Waals surface area contributed by atoms with Gasteiger partial charge in [-0.15, -0.1) is 0 Å². The lowest BCUT2D eigenvalue weighted by Gasteiger charge is -1.97. The molecule has 0 atom stereocenters. The number of amides is 1. The Balaban J connectivity index is 3.24. The first-order valence-corrected chi connectivity index (χ1v) is 3.23. The van der Waals surface area contributed by atoms with Gasteiger partial charge in [-0.2, -0.15) is 0 Å². The molecule has 0 aliphatic heterocycles. The predicted molar refractivity (Wildman–Crippen MR) is 41.3 cm³/mol. The summed E-state index contributed by atoms with van der Waals surface area (Å²) in [6.45, 7) is 0.101. The van der Waals surface area contributed by atoms with Crippen LogP contribution in [0.2, 0.25) is 0 Å². The fourth-order valence-electron chi connectivity index (χ4n) is 0.729. The Morgan fingerprint density at radius 3 is 2.83 bits per heavy atom. The zero-order valence-corrected chi connectivity index (χ0v) is 6.20. The summed E-state index contributed by atoms with van der Waals surface area (Å²) < 4.78 is 0. The molecular formula is C6H8N4O2. The average molecular weight is 168 g/mol. The Bertz CT molecular complexity index is 357. The smallest absolute Gasteiger partial charge is 0.284 e. The predicted octanol–water partition coefficient (Wildman–Crippen LogP) is -1.67. The van der Waals surface area contributed by atoms with Crippen LogP contribution in [0.15, 0.2) is 10.9 Å². The van der Waals surface area contributed by atoms with Gasteiger partial charge in [0.1, 0.15) is 0 Å². The molecule has 0 radical (unpaired) electrons. The van der Waals surface area contributed by atoms with Crippen molar-refractivity contribution in [2.75, 3.05) is 0 Å². The molecule has 1 rings (SSSR count). The van der Waals surface area contributed by atoms with Crippen molar-refractivity contribution in [2.24, 2.45) is 11.5 Å². The number of carbonyl (C=O) groups excluding carboxylic acids is 1. The van der Waals surface area contributed by atoms with E-state index in [1.54, 1.807) is 0 Å². The van der Waals surface area contributed by atoms with Crippen LogP contribution in [0.25, 0.3) is 0 Å². The van der Waals surface area contributed by atoms with Crippen LogP contribution in [-0.2, 0) is 6.54 Å². The molecule has 64 valence electrons. The number of rotatable bonds is 2. The van der Waals surface area contributed by atoms with Crippen molar-refractivity contribution < 1.29 is 4.79 Å². The molecule has 0 fully saturated rings. The van der Waals surface area contributed by atoms with Crippen LogP contribution in [0, 0.1) is 0 Å². The molecule has 6 heteroatoms. The van der Waals surface area contributed by atoms with Crippen molar-refractivity contribution in [1.82, 2.24) is 9.97 Å². The zero-order chi connectivity index (χ0) is 9.14. The van der Waals surface area contributed by atoms with Gasteiger partial charge in [0.25, 0.3) is 11.5 Å². The number of nitrogens with one attached hydrogen (secondary N) is 1. The standard InChI is InChI=1S/C6H8N4O2/c7-2-3-1-4(11)10-6(9-3)5(8)12/h1H,2,7H2,(H2,8,12)(H,9,10,11). The first-order chi connectivity index (χ1) is 5.63. The summed E-state index contributed by atoms with van der Waals surface area (Å²) in [6, 6.07) is 1.21. The summed E-state index contributed by atoms with van der Waals surface area (Å²) in [5, 5.41) is 0. The molecule has 1 heterocycles. The Hall–Kier alpha value is -1.69. The number of H-pyrrole nitrogens is 1. The molecule has 0 aliphatic rings. The third-order valence-corrected chi connectivity index (χ3v) is 1.24. The van der Waals surface area contributed by atoms with Crippen LogP contribution >= 0.6 is 0 Å². The number of nitrogens with zero attached hydrogens (tertiary/aromatic N) is 1. The average Bonchev–Trinajstić information content (AvgIpc) is 2.03. The Morgan fingerprint density at radius 1 is 1.67 bits per heavy atom. The number of hydrogen-bond acceptors (Lipinski definition) is 4. The van der Waals surface area contributed by atoms with Crippen molar-refractivity contribution in [3.8, 4) is 0 Å². The summed E-state index contributed by atoms with van der Waals surface area (Å²) in [4.78, 5) is 27.3. The van der Waals surface area contributed by atoms with E-state index >= 15 is 0 Å². The van der Waals surface area contributed by atoms with Crippen molar-refractivity contribution in [2.45, 2.75) is 6.54 Å². The van der Waals surface area contributed by atoms with Gasteiger partial charge < -0.3 is 16.5 Å². The van der Waals surface area contributed by atoms with E-state index in [1.165, 1.54) is 6.07 Å². The number of primary amides is 1. The normalized spacial score (nSPS) is 9.75. The van der Waals surface area contributed by atoms with Gasteiger partial charge in [-0.3, -0.25) is 9.59 Å². The van der Waals surface area contributed by atoms with Crippen LogP contribution in [0.4, 0.5) is 0 Å². The SMILES string of the molecule is NCc1cc(=O)[nH]c(C(N)=O)n1. The van der Waals surface area contributed by atoms with Gasteiger partial charge in [-0.1, -0.05) is 0 Å². The van der Waals surface area contributed by atoms with Crippen molar-refractivity contribution in [1.29, 1.82) is 0 Å². The maximum atomic E-state index is 10.8. The minimum Gasteiger partial charge on any atom is -0.363 e. The summed E-state index contributed by atoms with van der Waals surface area (Å²) in [6.07, 6.45) is 0. The van der Waals surface area contributed by atoms with Gasteiger partial charge in [0.05, 0.1) is 5.69 Å². The first kappa shape index (κ1) is 8.41. The van der Waals surface area contributed by atoms with E-state index in [4.69, 9.17) is 11.5 Å². The second-order valence-corrected chi connectivity index (χ2v) is 2.15. The lowest BCUT2D eigenvalue weighted by Crippen LogP contribution is -2.22.